The fourth-order valence-corrected chi connectivity index (χ4v) is 4.86. The molecule has 0 spiro atoms. The van der Waals surface area contributed by atoms with E-state index in [0.717, 1.165) is 41.3 Å². The molecule has 1 aliphatic rings. The summed E-state index contributed by atoms with van der Waals surface area (Å²) in [5, 5.41) is 5.20. The number of hydrogen-bond donors (Lipinski definition) is 0. The molecule has 4 nitrogen and oxygen atoms in total. The first-order valence-electron chi connectivity index (χ1n) is 9.71. The minimum absolute atomic E-state index is 0.140. The third-order valence-electron chi connectivity index (χ3n) is 5.31. The molecule has 0 unspecified atom stereocenters. The molecule has 5 heteroatoms. The first kappa shape index (κ1) is 18.8. The number of carbonyl (C=O) groups is 1. The lowest BCUT2D eigenvalue weighted by atomic mass is 10.1. The van der Waals surface area contributed by atoms with Gasteiger partial charge in [-0.1, -0.05) is 37.3 Å². The molecular weight excluding hydrogens is 366 g/mol. The number of rotatable bonds is 3. The molecule has 0 saturated carbocycles. The van der Waals surface area contributed by atoms with Gasteiger partial charge in [0, 0.05) is 27.9 Å². The van der Waals surface area contributed by atoms with Crippen LogP contribution in [-0.2, 0) is 11.2 Å². The summed E-state index contributed by atoms with van der Waals surface area (Å²) in [5.41, 5.74) is 5.03. The van der Waals surface area contributed by atoms with Crippen LogP contribution in [0.15, 0.2) is 59.5 Å². The highest BCUT2D eigenvalue weighted by molar-refractivity contribution is 8.00. The Hall–Kier alpha value is -2.53. The summed E-state index contributed by atoms with van der Waals surface area (Å²) in [4.78, 5) is 16.5. The number of anilines is 1. The quantitative estimate of drug-likeness (QED) is 0.634. The van der Waals surface area contributed by atoms with Gasteiger partial charge in [-0.05, 0) is 44.5 Å². The summed E-state index contributed by atoms with van der Waals surface area (Å²) >= 11 is 1.86. The zero-order valence-electron chi connectivity index (χ0n) is 16.6. The van der Waals surface area contributed by atoms with Crippen LogP contribution in [0, 0.1) is 13.8 Å². The van der Waals surface area contributed by atoms with Gasteiger partial charge in [-0.15, -0.1) is 11.8 Å². The Morgan fingerprint density at radius 3 is 2.61 bits per heavy atom. The molecule has 0 bridgehead atoms. The molecule has 2 heterocycles. The molecule has 144 valence electrons. The lowest BCUT2D eigenvalue weighted by Crippen LogP contribution is -2.33. The Balaban J connectivity index is 1.64. The van der Waals surface area contributed by atoms with E-state index in [2.05, 4.69) is 19.1 Å². The monoisotopic (exact) mass is 391 g/mol. The van der Waals surface area contributed by atoms with Crippen LogP contribution in [-0.4, -0.2) is 27.5 Å². The maximum atomic E-state index is 13.3. The van der Waals surface area contributed by atoms with E-state index in [9.17, 15) is 4.79 Å². The van der Waals surface area contributed by atoms with Gasteiger partial charge < -0.3 is 4.90 Å². The number of fused-ring (bicyclic) bond motifs is 1. The highest BCUT2D eigenvalue weighted by atomic mass is 32.2. The number of carbonyl (C=O) groups excluding carboxylic acids is 1. The molecule has 2 aromatic carbocycles. The maximum absolute atomic E-state index is 13.3. The summed E-state index contributed by atoms with van der Waals surface area (Å²) in [6.45, 7) is 7.02. The van der Waals surface area contributed by atoms with Gasteiger partial charge in [0.05, 0.1) is 23.5 Å². The smallest absolute Gasteiger partial charge is 0.231 e. The number of para-hydroxylation sites is 2. The standard InChI is InChI=1S/C23H25N3OS/c1-16-13-14-25(21-11-7-8-12-22(21)28-16)23(27)15-20-17(2)24-26(18(20)3)19-9-5-4-6-10-19/h4-12,16H,13-15H2,1-3H3/t16-/m1/s1. The van der Waals surface area contributed by atoms with Crippen molar-refractivity contribution in [2.75, 3.05) is 11.4 Å². The maximum Gasteiger partial charge on any atom is 0.231 e. The van der Waals surface area contributed by atoms with E-state index in [0.29, 0.717) is 11.7 Å². The first-order valence-corrected chi connectivity index (χ1v) is 10.6. The summed E-state index contributed by atoms with van der Waals surface area (Å²) in [5.74, 6) is 0.140. The summed E-state index contributed by atoms with van der Waals surface area (Å²) in [6.07, 6.45) is 1.37. The van der Waals surface area contributed by atoms with Crippen LogP contribution in [0.1, 0.15) is 30.3 Å². The number of nitrogens with zero attached hydrogens (tertiary/aromatic N) is 3. The number of aryl methyl sites for hydroxylation is 1. The molecule has 0 N–H and O–H groups in total. The summed E-state index contributed by atoms with van der Waals surface area (Å²) in [7, 11) is 0. The molecule has 0 fully saturated rings. The van der Waals surface area contributed by atoms with Crippen molar-refractivity contribution in [1.29, 1.82) is 0 Å². The SMILES string of the molecule is Cc1nn(-c2ccccc2)c(C)c1CC(=O)N1CC[C@@H](C)Sc2ccccc21. The van der Waals surface area contributed by atoms with Gasteiger partial charge in [-0.3, -0.25) is 4.79 Å². The topological polar surface area (TPSA) is 38.1 Å². The molecule has 4 rings (SSSR count). The molecule has 1 aliphatic heterocycles. The highest BCUT2D eigenvalue weighted by Gasteiger charge is 2.26. The largest absolute Gasteiger partial charge is 0.311 e. The highest BCUT2D eigenvalue weighted by Crippen LogP contribution is 2.37. The van der Waals surface area contributed by atoms with E-state index in [1.54, 1.807) is 0 Å². The zero-order chi connectivity index (χ0) is 19.7. The Morgan fingerprint density at radius 2 is 1.82 bits per heavy atom. The molecule has 28 heavy (non-hydrogen) atoms. The molecule has 1 atom stereocenters. The molecule has 1 amide bonds. The summed E-state index contributed by atoms with van der Waals surface area (Å²) < 4.78 is 1.94. The van der Waals surface area contributed by atoms with Crippen LogP contribution in [0.2, 0.25) is 0 Å². The molecular formula is C23H25N3OS. The summed E-state index contributed by atoms with van der Waals surface area (Å²) in [6, 6.07) is 18.3. The normalized spacial score (nSPS) is 16.5. The van der Waals surface area contributed by atoms with E-state index in [1.807, 2.05) is 77.7 Å². The second kappa shape index (κ2) is 7.84. The van der Waals surface area contributed by atoms with Crippen molar-refractivity contribution in [1.82, 2.24) is 9.78 Å². The van der Waals surface area contributed by atoms with E-state index < -0.39 is 0 Å². The van der Waals surface area contributed by atoms with Crippen LogP contribution in [0.4, 0.5) is 5.69 Å². The fourth-order valence-electron chi connectivity index (χ4n) is 3.74. The van der Waals surface area contributed by atoms with Gasteiger partial charge in [0.1, 0.15) is 0 Å². The predicted octanol–water partition coefficient (Wildman–Crippen LogP) is 4.95. The van der Waals surface area contributed by atoms with Crippen LogP contribution in [0.5, 0.6) is 0 Å². The van der Waals surface area contributed by atoms with Crippen molar-refractivity contribution in [2.45, 2.75) is 43.8 Å². The third kappa shape index (κ3) is 3.59. The second-order valence-corrected chi connectivity index (χ2v) is 8.78. The van der Waals surface area contributed by atoms with Crippen molar-refractivity contribution < 1.29 is 4.79 Å². The van der Waals surface area contributed by atoms with Crippen LogP contribution in [0.3, 0.4) is 0 Å². The van der Waals surface area contributed by atoms with Gasteiger partial charge in [0.25, 0.3) is 0 Å². The van der Waals surface area contributed by atoms with Gasteiger partial charge in [0.2, 0.25) is 5.91 Å². The van der Waals surface area contributed by atoms with E-state index in [-0.39, 0.29) is 5.91 Å². The zero-order valence-corrected chi connectivity index (χ0v) is 17.4. The van der Waals surface area contributed by atoms with Crippen LogP contribution < -0.4 is 4.90 Å². The van der Waals surface area contributed by atoms with Gasteiger partial charge in [-0.25, -0.2) is 4.68 Å². The van der Waals surface area contributed by atoms with Crippen molar-refractivity contribution in [2.24, 2.45) is 0 Å². The van der Waals surface area contributed by atoms with Crippen molar-refractivity contribution in [3.63, 3.8) is 0 Å². The molecule has 0 radical (unpaired) electrons. The minimum Gasteiger partial charge on any atom is -0.311 e. The number of aromatic nitrogens is 2. The predicted molar refractivity (Wildman–Crippen MR) is 115 cm³/mol. The lowest BCUT2D eigenvalue weighted by molar-refractivity contribution is -0.118. The number of thioether (sulfide) groups is 1. The lowest BCUT2D eigenvalue weighted by Gasteiger charge is -2.22. The average molecular weight is 392 g/mol. The Labute approximate surface area is 170 Å². The van der Waals surface area contributed by atoms with Gasteiger partial charge in [0.15, 0.2) is 0 Å². The van der Waals surface area contributed by atoms with Crippen molar-refractivity contribution in [3.8, 4) is 5.69 Å². The molecule has 0 aliphatic carbocycles. The van der Waals surface area contributed by atoms with E-state index in [4.69, 9.17) is 5.10 Å². The first-order chi connectivity index (χ1) is 13.5. The van der Waals surface area contributed by atoms with Crippen LogP contribution >= 0.6 is 11.8 Å². The number of hydrogen-bond acceptors (Lipinski definition) is 3. The van der Waals surface area contributed by atoms with Crippen molar-refractivity contribution >= 4 is 23.4 Å². The minimum atomic E-state index is 0.140. The van der Waals surface area contributed by atoms with E-state index in [1.165, 1.54) is 4.90 Å². The van der Waals surface area contributed by atoms with Crippen molar-refractivity contribution in [3.05, 3.63) is 71.5 Å². The Morgan fingerprint density at radius 1 is 1.11 bits per heavy atom. The third-order valence-corrected chi connectivity index (χ3v) is 6.55. The van der Waals surface area contributed by atoms with Crippen LogP contribution in [0.25, 0.3) is 5.69 Å². The average Bonchev–Trinajstić information content (AvgIpc) is 2.87. The van der Waals surface area contributed by atoms with Gasteiger partial charge >= 0.3 is 0 Å². The Bertz CT molecular complexity index is 996. The Kier molecular flexibility index (Phi) is 5.27. The van der Waals surface area contributed by atoms with E-state index >= 15 is 0 Å². The molecule has 3 aromatic rings. The fraction of sp³-hybridized carbons (Fsp3) is 0.304. The molecule has 1 aromatic heterocycles. The number of amides is 1. The second-order valence-electron chi connectivity index (χ2n) is 7.30. The van der Waals surface area contributed by atoms with Gasteiger partial charge in [-0.2, -0.15) is 5.10 Å². The number of benzene rings is 2. The molecule has 0 saturated heterocycles.